The van der Waals surface area contributed by atoms with Crippen molar-refractivity contribution in [2.75, 3.05) is 13.7 Å². The van der Waals surface area contributed by atoms with E-state index in [1.807, 2.05) is 13.0 Å². The SMILES string of the molecule is Cc1occc1CN(C)Cc1cc(C#CCCO)cs1. The number of hydrogen-bond acceptors (Lipinski definition) is 4. The van der Waals surface area contributed by atoms with Gasteiger partial charge in [0, 0.05) is 40.9 Å². The fourth-order valence-corrected chi connectivity index (χ4v) is 2.83. The zero-order valence-electron chi connectivity index (χ0n) is 11.8. The summed E-state index contributed by atoms with van der Waals surface area (Å²) >= 11 is 1.72. The minimum atomic E-state index is 0.122. The molecule has 2 heterocycles. The van der Waals surface area contributed by atoms with Crippen molar-refractivity contribution in [1.29, 1.82) is 0 Å². The van der Waals surface area contributed by atoms with E-state index in [2.05, 4.69) is 35.2 Å². The molecule has 2 aromatic heterocycles. The number of aliphatic hydroxyl groups is 1. The Morgan fingerprint density at radius 3 is 2.95 bits per heavy atom. The molecule has 0 fully saturated rings. The van der Waals surface area contributed by atoms with Crippen LogP contribution >= 0.6 is 11.3 Å². The lowest BCUT2D eigenvalue weighted by atomic mass is 10.2. The standard InChI is InChI=1S/C16H19NO2S/c1-13-15(6-8-19-13)10-17(2)11-16-9-14(12-20-16)5-3-4-7-18/h6,8-9,12,18H,4,7,10-11H2,1-2H3. The lowest BCUT2D eigenvalue weighted by Crippen LogP contribution is -2.16. The van der Waals surface area contributed by atoms with Crippen molar-refractivity contribution in [2.45, 2.75) is 26.4 Å². The molecule has 0 saturated carbocycles. The Balaban J connectivity index is 1.90. The number of aliphatic hydroxyl groups excluding tert-OH is 1. The summed E-state index contributed by atoms with van der Waals surface area (Å²) in [5, 5.41) is 10.8. The summed E-state index contributed by atoms with van der Waals surface area (Å²) in [6, 6.07) is 4.14. The fraction of sp³-hybridized carbons (Fsp3) is 0.375. The Hall–Kier alpha value is -1.54. The van der Waals surface area contributed by atoms with Crippen LogP contribution in [0.3, 0.4) is 0 Å². The van der Waals surface area contributed by atoms with Gasteiger partial charge in [-0.3, -0.25) is 4.90 Å². The van der Waals surface area contributed by atoms with Gasteiger partial charge >= 0.3 is 0 Å². The molecule has 106 valence electrons. The van der Waals surface area contributed by atoms with Gasteiger partial charge in [0.25, 0.3) is 0 Å². The van der Waals surface area contributed by atoms with Crippen LogP contribution in [0.5, 0.6) is 0 Å². The molecule has 0 aliphatic rings. The van der Waals surface area contributed by atoms with Gasteiger partial charge in [0.05, 0.1) is 12.9 Å². The molecule has 20 heavy (non-hydrogen) atoms. The molecule has 0 spiro atoms. The van der Waals surface area contributed by atoms with Crippen molar-refractivity contribution in [2.24, 2.45) is 0 Å². The van der Waals surface area contributed by atoms with Crippen LogP contribution in [0.25, 0.3) is 0 Å². The number of thiophene rings is 1. The topological polar surface area (TPSA) is 36.6 Å². The summed E-state index contributed by atoms with van der Waals surface area (Å²) < 4.78 is 5.31. The van der Waals surface area contributed by atoms with E-state index in [9.17, 15) is 0 Å². The second-order valence-electron chi connectivity index (χ2n) is 4.75. The minimum absolute atomic E-state index is 0.122. The number of hydrogen-bond donors (Lipinski definition) is 1. The Bertz CT molecular complexity index is 603. The summed E-state index contributed by atoms with van der Waals surface area (Å²) in [7, 11) is 2.10. The fourth-order valence-electron chi connectivity index (χ4n) is 1.94. The lowest BCUT2D eigenvalue weighted by molar-refractivity contribution is 0.305. The molecule has 2 rings (SSSR count). The van der Waals surface area contributed by atoms with Gasteiger partial charge in [0.2, 0.25) is 0 Å². The van der Waals surface area contributed by atoms with E-state index in [0.29, 0.717) is 6.42 Å². The highest BCUT2D eigenvalue weighted by Gasteiger charge is 2.07. The van der Waals surface area contributed by atoms with E-state index in [-0.39, 0.29) is 6.61 Å². The normalized spacial score (nSPS) is 10.6. The second kappa shape index (κ2) is 7.30. The largest absolute Gasteiger partial charge is 0.469 e. The van der Waals surface area contributed by atoms with Crippen LogP contribution in [-0.4, -0.2) is 23.7 Å². The van der Waals surface area contributed by atoms with Crippen LogP contribution < -0.4 is 0 Å². The average Bonchev–Trinajstić information content (AvgIpc) is 3.00. The van der Waals surface area contributed by atoms with Crippen LogP contribution in [0.15, 0.2) is 28.2 Å². The third-order valence-corrected chi connectivity index (χ3v) is 3.88. The Morgan fingerprint density at radius 2 is 2.25 bits per heavy atom. The van der Waals surface area contributed by atoms with Crippen LogP contribution in [0.2, 0.25) is 0 Å². The van der Waals surface area contributed by atoms with Crippen LogP contribution in [-0.2, 0) is 13.1 Å². The number of furan rings is 1. The quantitative estimate of drug-likeness (QED) is 0.860. The van der Waals surface area contributed by atoms with Gasteiger partial charge < -0.3 is 9.52 Å². The van der Waals surface area contributed by atoms with Crippen molar-refractivity contribution >= 4 is 11.3 Å². The first kappa shape index (κ1) is 14.9. The van der Waals surface area contributed by atoms with E-state index < -0.39 is 0 Å². The third kappa shape index (κ3) is 4.24. The maximum absolute atomic E-state index is 8.70. The highest BCUT2D eigenvalue weighted by atomic mass is 32.1. The molecule has 3 nitrogen and oxygen atoms in total. The van der Waals surface area contributed by atoms with Crippen molar-refractivity contribution in [3.8, 4) is 11.8 Å². The maximum Gasteiger partial charge on any atom is 0.105 e. The molecule has 1 N–H and O–H groups in total. The van der Waals surface area contributed by atoms with E-state index in [0.717, 1.165) is 24.4 Å². The molecule has 0 aliphatic heterocycles. The van der Waals surface area contributed by atoms with E-state index in [1.165, 1.54) is 10.4 Å². The molecule has 0 bridgehead atoms. The first-order valence-electron chi connectivity index (χ1n) is 6.57. The first-order chi connectivity index (χ1) is 9.69. The molecular weight excluding hydrogens is 270 g/mol. The van der Waals surface area contributed by atoms with Gasteiger partial charge in [-0.1, -0.05) is 11.8 Å². The van der Waals surface area contributed by atoms with Crippen molar-refractivity contribution in [1.82, 2.24) is 4.90 Å². The molecule has 0 atom stereocenters. The summed E-state index contributed by atoms with van der Waals surface area (Å²) in [6.45, 7) is 3.89. The van der Waals surface area contributed by atoms with Gasteiger partial charge in [0.15, 0.2) is 0 Å². The molecule has 0 radical (unpaired) electrons. The van der Waals surface area contributed by atoms with Gasteiger partial charge in [-0.25, -0.2) is 0 Å². The molecule has 4 heteroatoms. The van der Waals surface area contributed by atoms with E-state index >= 15 is 0 Å². The minimum Gasteiger partial charge on any atom is -0.469 e. The van der Waals surface area contributed by atoms with Crippen LogP contribution in [0.1, 0.15) is 28.2 Å². The van der Waals surface area contributed by atoms with Gasteiger partial charge in [-0.2, -0.15) is 0 Å². The maximum atomic E-state index is 8.70. The zero-order valence-corrected chi connectivity index (χ0v) is 12.7. The molecular formula is C16H19NO2S. The van der Waals surface area contributed by atoms with Gasteiger partial charge in [-0.05, 0) is 26.1 Å². The Morgan fingerprint density at radius 1 is 1.40 bits per heavy atom. The van der Waals surface area contributed by atoms with E-state index in [1.54, 1.807) is 17.6 Å². The third-order valence-electron chi connectivity index (χ3n) is 2.96. The molecule has 0 saturated heterocycles. The Labute approximate surface area is 123 Å². The smallest absolute Gasteiger partial charge is 0.105 e. The number of rotatable bonds is 5. The van der Waals surface area contributed by atoms with E-state index in [4.69, 9.17) is 9.52 Å². The van der Waals surface area contributed by atoms with Crippen molar-refractivity contribution in [3.05, 3.63) is 45.5 Å². The predicted molar refractivity (Wildman–Crippen MR) is 81.5 cm³/mol. The second-order valence-corrected chi connectivity index (χ2v) is 5.75. The van der Waals surface area contributed by atoms with Crippen LogP contribution in [0.4, 0.5) is 0 Å². The van der Waals surface area contributed by atoms with Crippen molar-refractivity contribution in [3.63, 3.8) is 0 Å². The zero-order chi connectivity index (χ0) is 14.4. The Kier molecular flexibility index (Phi) is 5.42. The summed E-state index contributed by atoms with van der Waals surface area (Å²) in [5.74, 6) is 6.99. The van der Waals surface area contributed by atoms with Gasteiger partial charge in [-0.15, -0.1) is 11.3 Å². The number of nitrogens with zero attached hydrogens (tertiary/aromatic N) is 1. The summed E-state index contributed by atoms with van der Waals surface area (Å²) in [5.41, 5.74) is 2.26. The highest BCUT2D eigenvalue weighted by molar-refractivity contribution is 7.10. The predicted octanol–water partition coefficient (Wildman–Crippen LogP) is 3.02. The van der Waals surface area contributed by atoms with Gasteiger partial charge in [0.1, 0.15) is 5.76 Å². The lowest BCUT2D eigenvalue weighted by Gasteiger charge is -2.14. The molecule has 0 aromatic carbocycles. The van der Waals surface area contributed by atoms with Crippen molar-refractivity contribution < 1.29 is 9.52 Å². The average molecular weight is 289 g/mol. The molecule has 0 unspecified atom stereocenters. The van der Waals surface area contributed by atoms with Crippen LogP contribution in [0, 0.1) is 18.8 Å². The summed E-state index contributed by atoms with van der Waals surface area (Å²) in [6.07, 6.45) is 2.27. The summed E-state index contributed by atoms with van der Waals surface area (Å²) in [4.78, 5) is 3.55. The first-order valence-corrected chi connectivity index (χ1v) is 7.45. The molecule has 0 aliphatic carbocycles. The molecule has 2 aromatic rings. The monoisotopic (exact) mass is 289 g/mol. The highest BCUT2D eigenvalue weighted by Crippen LogP contribution is 2.18. The number of aryl methyl sites for hydroxylation is 1. The molecule has 0 amide bonds.